The van der Waals surface area contributed by atoms with Gasteiger partial charge in [-0.2, -0.15) is 0 Å². The van der Waals surface area contributed by atoms with Crippen LogP contribution < -0.4 is 16.4 Å². The smallest absolute Gasteiger partial charge is 0.221 e. The Morgan fingerprint density at radius 3 is 2.39 bits per heavy atom. The molecule has 0 aliphatic carbocycles. The molecular weight excluding hydrogens is 234 g/mol. The molecule has 4 N–H and O–H groups in total. The molecule has 106 valence electrons. The van der Waals surface area contributed by atoms with Crippen LogP contribution in [-0.4, -0.2) is 45.2 Å². The van der Waals surface area contributed by atoms with Crippen molar-refractivity contribution in [1.29, 1.82) is 0 Å². The molecule has 0 saturated heterocycles. The van der Waals surface area contributed by atoms with Crippen LogP contribution in [0.15, 0.2) is 0 Å². The van der Waals surface area contributed by atoms with Gasteiger partial charge in [0.05, 0.1) is 6.61 Å². The van der Waals surface area contributed by atoms with Gasteiger partial charge in [0.25, 0.3) is 0 Å². The summed E-state index contributed by atoms with van der Waals surface area (Å²) in [5, 5.41) is 5.40. The Morgan fingerprint density at radius 2 is 1.78 bits per heavy atom. The molecule has 6 nitrogen and oxygen atoms in total. The SMILES string of the molecule is COCCNC(=O)CCNC(=O)CCC(C)CN. The Bertz CT molecular complexity index is 247. The summed E-state index contributed by atoms with van der Waals surface area (Å²) >= 11 is 0. The summed E-state index contributed by atoms with van der Waals surface area (Å²) in [5.41, 5.74) is 5.46. The second kappa shape index (κ2) is 11.0. The molecule has 0 rings (SSSR count). The molecular formula is C12H25N3O3. The van der Waals surface area contributed by atoms with Crippen LogP contribution in [0.5, 0.6) is 0 Å². The number of carbonyl (C=O) groups is 2. The van der Waals surface area contributed by atoms with Gasteiger partial charge in [-0.05, 0) is 18.9 Å². The van der Waals surface area contributed by atoms with Crippen LogP contribution in [0.2, 0.25) is 0 Å². The number of nitrogens with two attached hydrogens (primary N) is 1. The Hall–Kier alpha value is -1.14. The van der Waals surface area contributed by atoms with Crippen LogP contribution in [0, 0.1) is 5.92 Å². The first-order valence-electron chi connectivity index (χ1n) is 6.32. The molecule has 0 aliphatic heterocycles. The maximum atomic E-state index is 11.4. The maximum Gasteiger partial charge on any atom is 0.221 e. The van der Waals surface area contributed by atoms with Crippen molar-refractivity contribution >= 4 is 11.8 Å². The van der Waals surface area contributed by atoms with Gasteiger partial charge in [0, 0.05) is 33.0 Å². The van der Waals surface area contributed by atoms with Crippen LogP contribution in [0.4, 0.5) is 0 Å². The molecule has 2 amide bonds. The lowest BCUT2D eigenvalue weighted by Crippen LogP contribution is -2.32. The predicted octanol–water partition coefficient (Wildman–Crippen LogP) is -0.370. The normalized spacial score (nSPS) is 11.9. The van der Waals surface area contributed by atoms with Crippen molar-refractivity contribution < 1.29 is 14.3 Å². The van der Waals surface area contributed by atoms with E-state index in [1.165, 1.54) is 0 Å². The van der Waals surface area contributed by atoms with Crippen molar-refractivity contribution in [2.45, 2.75) is 26.2 Å². The fraction of sp³-hybridized carbons (Fsp3) is 0.833. The monoisotopic (exact) mass is 259 g/mol. The number of amides is 2. The molecule has 0 aromatic rings. The van der Waals surface area contributed by atoms with Crippen LogP contribution >= 0.6 is 0 Å². The van der Waals surface area contributed by atoms with Crippen molar-refractivity contribution in [1.82, 2.24) is 10.6 Å². The molecule has 0 fully saturated rings. The van der Waals surface area contributed by atoms with E-state index in [0.29, 0.717) is 45.0 Å². The Balaban J connectivity index is 3.47. The average Bonchev–Trinajstić information content (AvgIpc) is 2.36. The van der Waals surface area contributed by atoms with Crippen molar-refractivity contribution in [3.05, 3.63) is 0 Å². The number of carbonyl (C=O) groups excluding carboxylic acids is 2. The molecule has 0 bridgehead atoms. The molecule has 1 unspecified atom stereocenters. The number of ether oxygens (including phenoxy) is 1. The van der Waals surface area contributed by atoms with Crippen LogP contribution in [0.1, 0.15) is 26.2 Å². The van der Waals surface area contributed by atoms with Gasteiger partial charge >= 0.3 is 0 Å². The van der Waals surface area contributed by atoms with E-state index in [4.69, 9.17) is 10.5 Å². The van der Waals surface area contributed by atoms with E-state index in [0.717, 1.165) is 6.42 Å². The van der Waals surface area contributed by atoms with E-state index in [1.54, 1.807) is 7.11 Å². The summed E-state index contributed by atoms with van der Waals surface area (Å²) in [6.07, 6.45) is 1.54. The predicted molar refractivity (Wildman–Crippen MR) is 70.0 cm³/mol. The van der Waals surface area contributed by atoms with Gasteiger partial charge in [-0.3, -0.25) is 9.59 Å². The number of hydrogen-bond donors (Lipinski definition) is 3. The molecule has 0 spiro atoms. The van der Waals surface area contributed by atoms with Gasteiger partial charge in [0.1, 0.15) is 0 Å². The molecule has 18 heavy (non-hydrogen) atoms. The minimum Gasteiger partial charge on any atom is -0.383 e. The van der Waals surface area contributed by atoms with E-state index < -0.39 is 0 Å². The number of nitrogens with one attached hydrogen (secondary N) is 2. The van der Waals surface area contributed by atoms with E-state index in [-0.39, 0.29) is 11.8 Å². The van der Waals surface area contributed by atoms with Crippen LogP contribution in [0.25, 0.3) is 0 Å². The highest BCUT2D eigenvalue weighted by atomic mass is 16.5. The summed E-state index contributed by atoms with van der Waals surface area (Å²) in [6, 6.07) is 0. The zero-order valence-electron chi connectivity index (χ0n) is 11.3. The lowest BCUT2D eigenvalue weighted by Gasteiger charge is -2.09. The molecule has 0 heterocycles. The summed E-state index contributed by atoms with van der Waals surface area (Å²) in [5.74, 6) is 0.246. The summed E-state index contributed by atoms with van der Waals surface area (Å²) in [7, 11) is 1.58. The Morgan fingerprint density at radius 1 is 1.17 bits per heavy atom. The number of hydrogen-bond acceptors (Lipinski definition) is 4. The van der Waals surface area contributed by atoms with E-state index in [2.05, 4.69) is 10.6 Å². The highest BCUT2D eigenvalue weighted by molar-refractivity contribution is 5.78. The lowest BCUT2D eigenvalue weighted by atomic mass is 10.1. The molecule has 0 radical (unpaired) electrons. The van der Waals surface area contributed by atoms with Gasteiger partial charge < -0.3 is 21.1 Å². The van der Waals surface area contributed by atoms with Gasteiger partial charge in [-0.25, -0.2) is 0 Å². The third-order valence-electron chi connectivity index (χ3n) is 2.57. The number of rotatable bonds is 10. The van der Waals surface area contributed by atoms with Gasteiger partial charge in [-0.15, -0.1) is 0 Å². The van der Waals surface area contributed by atoms with Crippen LogP contribution in [-0.2, 0) is 14.3 Å². The molecule has 0 aliphatic rings. The van der Waals surface area contributed by atoms with E-state index >= 15 is 0 Å². The topological polar surface area (TPSA) is 93.5 Å². The standard InChI is InChI=1S/C12H25N3O3/c1-10(9-13)3-4-11(16)14-6-5-12(17)15-7-8-18-2/h10H,3-9,13H2,1-2H3,(H,14,16)(H,15,17). The van der Waals surface area contributed by atoms with Crippen LogP contribution in [0.3, 0.4) is 0 Å². The molecule has 6 heteroatoms. The molecule has 1 atom stereocenters. The zero-order chi connectivity index (χ0) is 13.8. The first kappa shape index (κ1) is 16.9. The Labute approximate surface area is 109 Å². The highest BCUT2D eigenvalue weighted by Crippen LogP contribution is 2.02. The van der Waals surface area contributed by atoms with Gasteiger partial charge in [0.15, 0.2) is 0 Å². The van der Waals surface area contributed by atoms with Crippen molar-refractivity contribution in [2.24, 2.45) is 11.7 Å². The molecule has 0 aromatic heterocycles. The fourth-order valence-electron chi connectivity index (χ4n) is 1.28. The lowest BCUT2D eigenvalue weighted by molar-refractivity contribution is -0.122. The first-order valence-corrected chi connectivity index (χ1v) is 6.32. The number of methoxy groups -OCH3 is 1. The third-order valence-corrected chi connectivity index (χ3v) is 2.57. The quantitative estimate of drug-likeness (QED) is 0.467. The highest BCUT2D eigenvalue weighted by Gasteiger charge is 2.06. The molecule has 0 aromatic carbocycles. The average molecular weight is 259 g/mol. The first-order chi connectivity index (χ1) is 8.60. The minimum absolute atomic E-state index is 0.0278. The second-order valence-corrected chi connectivity index (χ2v) is 4.32. The second-order valence-electron chi connectivity index (χ2n) is 4.32. The summed E-state index contributed by atoms with van der Waals surface area (Å²) < 4.78 is 4.81. The van der Waals surface area contributed by atoms with Gasteiger partial charge in [0.2, 0.25) is 11.8 Å². The van der Waals surface area contributed by atoms with E-state index in [9.17, 15) is 9.59 Å². The van der Waals surface area contributed by atoms with Gasteiger partial charge in [-0.1, -0.05) is 6.92 Å². The molecule has 0 saturated carbocycles. The fourth-order valence-corrected chi connectivity index (χ4v) is 1.28. The van der Waals surface area contributed by atoms with E-state index in [1.807, 2.05) is 6.92 Å². The van der Waals surface area contributed by atoms with Crippen molar-refractivity contribution in [2.75, 3.05) is 33.4 Å². The summed E-state index contributed by atoms with van der Waals surface area (Å²) in [4.78, 5) is 22.7. The zero-order valence-corrected chi connectivity index (χ0v) is 11.3. The third kappa shape index (κ3) is 10.0. The maximum absolute atomic E-state index is 11.4. The summed E-state index contributed by atoms with van der Waals surface area (Å²) in [6.45, 7) is 3.97. The van der Waals surface area contributed by atoms with Crippen molar-refractivity contribution in [3.63, 3.8) is 0 Å². The largest absolute Gasteiger partial charge is 0.383 e. The minimum atomic E-state index is -0.0809. The Kier molecular flexibility index (Phi) is 10.3. The van der Waals surface area contributed by atoms with Crippen molar-refractivity contribution in [3.8, 4) is 0 Å².